The van der Waals surface area contributed by atoms with E-state index in [1.807, 2.05) is 24.3 Å². The summed E-state index contributed by atoms with van der Waals surface area (Å²) in [5.74, 6) is -0.386. The van der Waals surface area contributed by atoms with Gasteiger partial charge in [-0.25, -0.2) is 9.40 Å². The molecule has 0 saturated heterocycles. The molecule has 1 aliphatic heterocycles. The van der Waals surface area contributed by atoms with Gasteiger partial charge in [-0.05, 0) is 29.8 Å². The molecule has 26 heavy (non-hydrogen) atoms. The Balaban J connectivity index is 1.73. The molecule has 130 valence electrons. The first-order valence-electron chi connectivity index (χ1n) is 8.52. The third-order valence-electron chi connectivity index (χ3n) is 4.50. The smallest absolute Gasteiger partial charge is 0.242 e. The molecule has 4 rings (SSSR count). The SMILES string of the molecule is CCC(=O)N1N=C(c2cccc(F)c2)C[C@H]1c1ccc2nccnc2c1. The molecule has 0 aliphatic carbocycles. The number of hydrogen-bond acceptors (Lipinski definition) is 4. The zero-order valence-corrected chi connectivity index (χ0v) is 14.3. The Hall–Kier alpha value is -3.15. The van der Waals surface area contributed by atoms with Gasteiger partial charge >= 0.3 is 0 Å². The number of nitrogens with zero attached hydrogens (tertiary/aromatic N) is 4. The van der Waals surface area contributed by atoms with Crippen LogP contribution in [0.3, 0.4) is 0 Å². The van der Waals surface area contributed by atoms with Crippen LogP contribution in [0.4, 0.5) is 4.39 Å². The summed E-state index contributed by atoms with van der Waals surface area (Å²) in [4.78, 5) is 21.0. The molecule has 1 aliphatic rings. The Morgan fingerprint density at radius 3 is 2.73 bits per heavy atom. The Kier molecular flexibility index (Phi) is 4.16. The molecule has 2 heterocycles. The van der Waals surface area contributed by atoms with Crippen molar-refractivity contribution < 1.29 is 9.18 Å². The van der Waals surface area contributed by atoms with Gasteiger partial charge in [-0.3, -0.25) is 14.8 Å². The molecule has 1 aromatic heterocycles. The number of halogens is 1. The van der Waals surface area contributed by atoms with Gasteiger partial charge in [-0.2, -0.15) is 5.10 Å². The second-order valence-electron chi connectivity index (χ2n) is 6.17. The van der Waals surface area contributed by atoms with Crippen molar-refractivity contribution in [3.63, 3.8) is 0 Å². The molecule has 0 bridgehead atoms. The van der Waals surface area contributed by atoms with Gasteiger partial charge in [0.1, 0.15) is 5.82 Å². The summed E-state index contributed by atoms with van der Waals surface area (Å²) in [6, 6.07) is 11.9. The van der Waals surface area contributed by atoms with Gasteiger partial charge in [0.25, 0.3) is 0 Å². The Morgan fingerprint density at radius 2 is 1.96 bits per heavy atom. The van der Waals surface area contributed by atoms with Crippen molar-refractivity contribution in [2.75, 3.05) is 0 Å². The average molecular weight is 348 g/mol. The molecule has 0 saturated carbocycles. The van der Waals surface area contributed by atoms with Gasteiger partial charge in [-0.1, -0.05) is 25.1 Å². The second kappa shape index (κ2) is 6.63. The molecular weight excluding hydrogens is 331 g/mol. The van der Waals surface area contributed by atoms with Crippen molar-refractivity contribution in [3.05, 3.63) is 71.8 Å². The molecule has 0 N–H and O–H groups in total. The topological polar surface area (TPSA) is 58.5 Å². The number of benzene rings is 2. The maximum Gasteiger partial charge on any atom is 0.242 e. The van der Waals surface area contributed by atoms with Gasteiger partial charge in [0.15, 0.2) is 0 Å². The number of rotatable bonds is 3. The van der Waals surface area contributed by atoms with Crippen LogP contribution in [0.2, 0.25) is 0 Å². The molecule has 1 amide bonds. The van der Waals surface area contributed by atoms with Crippen molar-refractivity contribution in [1.29, 1.82) is 0 Å². The van der Waals surface area contributed by atoms with Crippen molar-refractivity contribution >= 4 is 22.7 Å². The molecule has 0 radical (unpaired) electrons. The predicted octanol–water partition coefficient (Wildman–Crippen LogP) is 3.86. The number of aromatic nitrogens is 2. The molecule has 6 heteroatoms. The van der Waals surface area contributed by atoms with Crippen LogP contribution in [0.5, 0.6) is 0 Å². The highest BCUT2D eigenvalue weighted by Gasteiger charge is 2.32. The fourth-order valence-corrected chi connectivity index (χ4v) is 3.19. The lowest BCUT2D eigenvalue weighted by atomic mass is 9.98. The minimum absolute atomic E-state index is 0.0688. The minimum Gasteiger partial charge on any atom is -0.273 e. The first-order valence-corrected chi connectivity index (χ1v) is 8.52. The van der Waals surface area contributed by atoms with Crippen LogP contribution in [0, 0.1) is 5.82 Å². The van der Waals surface area contributed by atoms with E-state index >= 15 is 0 Å². The fraction of sp³-hybridized carbons (Fsp3) is 0.200. The number of hydrazone groups is 1. The van der Waals surface area contributed by atoms with E-state index in [2.05, 4.69) is 15.1 Å². The average Bonchev–Trinajstić information content (AvgIpc) is 3.12. The minimum atomic E-state index is -0.317. The lowest BCUT2D eigenvalue weighted by Crippen LogP contribution is -2.26. The third kappa shape index (κ3) is 2.94. The van der Waals surface area contributed by atoms with E-state index in [4.69, 9.17) is 0 Å². The summed E-state index contributed by atoms with van der Waals surface area (Å²) >= 11 is 0. The van der Waals surface area contributed by atoms with E-state index in [1.165, 1.54) is 17.1 Å². The van der Waals surface area contributed by atoms with Crippen LogP contribution < -0.4 is 0 Å². The molecule has 0 fully saturated rings. The van der Waals surface area contributed by atoms with Crippen LogP contribution >= 0.6 is 0 Å². The van der Waals surface area contributed by atoms with E-state index in [1.54, 1.807) is 25.4 Å². The molecule has 1 atom stereocenters. The van der Waals surface area contributed by atoms with E-state index < -0.39 is 0 Å². The maximum absolute atomic E-state index is 13.6. The Morgan fingerprint density at radius 1 is 1.15 bits per heavy atom. The first-order chi connectivity index (χ1) is 12.7. The van der Waals surface area contributed by atoms with Crippen molar-refractivity contribution in [2.24, 2.45) is 5.10 Å². The van der Waals surface area contributed by atoms with Crippen molar-refractivity contribution in [1.82, 2.24) is 15.0 Å². The highest BCUT2D eigenvalue weighted by molar-refractivity contribution is 6.03. The lowest BCUT2D eigenvalue weighted by Gasteiger charge is -2.21. The van der Waals surface area contributed by atoms with Gasteiger partial charge in [0, 0.05) is 30.8 Å². The monoisotopic (exact) mass is 348 g/mol. The number of amides is 1. The lowest BCUT2D eigenvalue weighted by molar-refractivity contribution is -0.132. The summed E-state index contributed by atoms with van der Waals surface area (Å²) in [6.45, 7) is 1.81. The maximum atomic E-state index is 13.6. The summed E-state index contributed by atoms with van der Waals surface area (Å²) in [7, 11) is 0. The second-order valence-corrected chi connectivity index (χ2v) is 6.17. The molecular formula is C20H17FN4O. The zero-order chi connectivity index (χ0) is 18.1. The van der Waals surface area contributed by atoms with Crippen molar-refractivity contribution in [2.45, 2.75) is 25.8 Å². The quantitative estimate of drug-likeness (QED) is 0.722. The highest BCUT2D eigenvalue weighted by Crippen LogP contribution is 2.34. The third-order valence-corrected chi connectivity index (χ3v) is 4.50. The highest BCUT2D eigenvalue weighted by atomic mass is 19.1. The van der Waals surface area contributed by atoms with E-state index in [9.17, 15) is 9.18 Å². The van der Waals surface area contributed by atoms with Gasteiger partial charge in [0.05, 0.1) is 22.8 Å². The molecule has 0 spiro atoms. The molecule has 0 unspecified atom stereocenters. The van der Waals surface area contributed by atoms with Gasteiger partial charge in [-0.15, -0.1) is 0 Å². The predicted molar refractivity (Wildman–Crippen MR) is 97.0 cm³/mol. The number of hydrogen-bond donors (Lipinski definition) is 0. The summed E-state index contributed by atoms with van der Waals surface area (Å²) < 4.78 is 13.6. The van der Waals surface area contributed by atoms with Crippen LogP contribution in [0.15, 0.2) is 60.0 Å². The summed E-state index contributed by atoms with van der Waals surface area (Å²) in [6.07, 6.45) is 4.17. The van der Waals surface area contributed by atoms with E-state index in [-0.39, 0.29) is 17.8 Å². The standard InChI is InChI=1S/C20H17FN4O/c1-2-20(26)25-19(12-17(24-25)13-4-3-5-15(21)10-13)14-6-7-16-18(11-14)23-9-8-22-16/h3-11,19H,2,12H2,1H3/t19-/m0/s1. The van der Waals surface area contributed by atoms with E-state index in [0.29, 0.717) is 24.1 Å². The van der Waals surface area contributed by atoms with Crippen molar-refractivity contribution in [3.8, 4) is 0 Å². The first kappa shape index (κ1) is 16.3. The van der Waals surface area contributed by atoms with Crippen LogP contribution in [-0.2, 0) is 4.79 Å². The van der Waals surface area contributed by atoms with Gasteiger partial charge < -0.3 is 0 Å². The molecule has 5 nitrogen and oxygen atoms in total. The number of fused-ring (bicyclic) bond motifs is 1. The van der Waals surface area contributed by atoms with Crippen LogP contribution in [-0.4, -0.2) is 26.6 Å². The Labute approximate surface area is 150 Å². The number of carbonyl (C=O) groups excluding carboxylic acids is 1. The molecule has 3 aromatic rings. The largest absolute Gasteiger partial charge is 0.273 e. The van der Waals surface area contributed by atoms with Gasteiger partial charge in [0.2, 0.25) is 5.91 Å². The molecule has 2 aromatic carbocycles. The van der Waals surface area contributed by atoms with Crippen LogP contribution in [0.25, 0.3) is 11.0 Å². The summed E-state index contributed by atoms with van der Waals surface area (Å²) in [5.41, 5.74) is 3.91. The van der Waals surface area contributed by atoms with E-state index in [0.717, 1.165) is 16.6 Å². The normalized spacial score (nSPS) is 16.8. The zero-order valence-electron chi connectivity index (χ0n) is 14.3. The fourth-order valence-electron chi connectivity index (χ4n) is 3.19. The Bertz CT molecular complexity index is 1020. The van der Waals surface area contributed by atoms with Crippen LogP contribution in [0.1, 0.15) is 36.9 Å². The summed E-state index contributed by atoms with van der Waals surface area (Å²) in [5, 5.41) is 6.02. The number of carbonyl (C=O) groups is 1.